The van der Waals surface area contributed by atoms with Gasteiger partial charge in [0.05, 0.1) is 5.56 Å². The van der Waals surface area contributed by atoms with Crippen molar-refractivity contribution in [2.24, 2.45) is 0 Å². The summed E-state index contributed by atoms with van der Waals surface area (Å²) in [7, 11) is 0. The fourth-order valence-corrected chi connectivity index (χ4v) is 2.80. The molecule has 0 unspecified atom stereocenters. The molecule has 29 heavy (non-hydrogen) atoms. The summed E-state index contributed by atoms with van der Waals surface area (Å²) in [6.07, 6.45) is 1.48. The van der Waals surface area contributed by atoms with E-state index >= 15 is 0 Å². The summed E-state index contributed by atoms with van der Waals surface area (Å²) in [5.41, 5.74) is 2.04. The highest BCUT2D eigenvalue weighted by Crippen LogP contribution is 2.19. The third kappa shape index (κ3) is 5.65. The van der Waals surface area contributed by atoms with E-state index in [9.17, 15) is 9.59 Å². The summed E-state index contributed by atoms with van der Waals surface area (Å²) in [5, 5.41) is 2.87. The van der Waals surface area contributed by atoms with Gasteiger partial charge in [0, 0.05) is 38.0 Å². The van der Waals surface area contributed by atoms with Gasteiger partial charge in [-0.2, -0.15) is 0 Å². The summed E-state index contributed by atoms with van der Waals surface area (Å²) in [4.78, 5) is 30.1. The molecule has 6 nitrogen and oxygen atoms in total. The number of pyridine rings is 1. The molecule has 2 amide bonds. The van der Waals surface area contributed by atoms with Gasteiger partial charge < -0.3 is 15.0 Å². The first-order valence-corrected chi connectivity index (χ1v) is 9.40. The first-order valence-electron chi connectivity index (χ1n) is 9.40. The van der Waals surface area contributed by atoms with Crippen LogP contribution in [-0.4, -0.2) is 28.2 Å². The van der Waals surface area contributed by atoms with E-state index in [1.165, 1.54) is 6.20 Å². The van der Waals surface area contributed by atoms with Gasteiger partial charge in [0.15, 0.2) is 0 Å². The molecule has 0 bridgehead atoms. The van der Waals surface area contributed by atoms with Gasteiger partial charge in [-0.15, -0.1) is 0 Å². The van der Waals surface area contributed by atoms with Crippen molar-refractivity contribution >= 4 is 17.5 Å². The van der Waals surface area contributed by atoms with E-state index in [4.69, 9.17) is 4.74 Å². The summed E-state index contributed by atoms with van der Waals surface area (Å²) < 4.78 is 5.64. The van der Waals surface area contributed by atoms with Gasteiger partial charge in [0.25, 0.3) is 5.91 Å². The van der Waals surface area contributed by atoms with Crippen molar-refractivity contribution in [2.75, 3.05) is 11.9 Å². The molecule has 148 valence electrons. The number of nitrogens with zero attached hydrogens (tertiary/aromatic N) is 2. The molecule has 0 aliphatic carbocycles. The molecule has 2 aromatic carbocycles. The average Bonchev–Trinajstić information content (AvgIpc) is 2.73. The van der Waals surface area contributed by atoms with Crippen LogP contribution in [0.2, 0.25) is 0 Å². The number of hydrogen-bond acceptors (Lipinski definition) is 4. The smallest absolute Gasteiger partial charge is 0.257 e. The number of benzene rings is 2. The summed E-state index contributed by atoms with van der Waals surface area (Å²) in [5.74, 6) is 0.852. The van der Waals surface area contributed by atoms with Crippen molar-refractivity contribution in [3.63, 3.8) is 0 Å². The molecule has 0 atom stereocenters. The lowest BCUT2D eigenvalue weighted by Gasteiger charge is -2.19. The zero-order valence-electron chi connectivity index (χ0n) is 16.5. The molecule has 0 aliphatic heterocycles. The number of ether oxygens (including phenoxy) is 1. The van der Waals surface area contributed by atoms with Gasteiger partial charge in [-0.25, -0.2) is 4.98 Å². The summed E-state index contributed by atoms with van der Waals surface area (Å²) in [6, 6.07) is 20.1. The fourth-order valence-electron chi connectivity index (χ4n) is 2.80. The number of nitrogens with one attached hydrogen (secondary N) is 1. The van der Waals surface area contributed by atoms with Gasteiger partial charge in [-0.1, -0.05) is 30.3 Å². The lowest BCUT2D eigenvalue weighted by Crippen LogP contribution is -2.27. The minimum absolute atomic E-state index is 0.0193. The maximum absolute atomic E-state index is 12.5. The van der Waals surface area contributed by atoms with Crippen molar-refractivity contribution in [1.29, 1.82) is 0 Å². The molecular weight excluding hydrogens is 366 g/mol. The molecule has 1 heterocycles. The van der Waals surface area contributed by atoms with Gasteiger partial charge in [0.1, 0.15) is 5.75 Å². The molecule has 3 rings (SSSR count). The van der Waals surface area contributed by atoms with E-state index in [-0.39, 0.29) is 11.8 Å². The molecule has 0 radical (unpaired) electrons. The number of para-hydroxylation sites is 1. The first-order chi connectivity index (χ1) is 14.0. The van der Waals surface area contributed by atoms with Gasteiger partial charge >= 0.3 is 0 Å². The topological polar surface area (TPSA) is 71.5 Å². The number of carbonyl (C=O) groups excluding carboxylic acids is 2. The molecule has 1 aromatic heterocycles. The Morgan fingerprint density at radius 2 is 1.83 bits per heavy atom. The molecule has 0 saturated heterocycles. The van der Waals surface area contributed by atoms with Crippen LogP contribution in [0.1, 0.15) is 29.8 Å². The summed E-state index contributed by atoms with van der Waals surface area (Å²) in [6.45, 7) is 4.62. The number of hydrogen-bond donors (Lipinski definition) is 1. The van der Waals surface area contributed by atoms with Crippen LogP contribution < -0.4 is 10.1 Å². The number of rotatable bonds is 7. The van der Waals surface area contributed by atoms with Crippen molar-refractivity contribution in [3.8, 4) is 11.6 Å². The molecule has 0 spiro atoms. The van der Waals surface area contributed by atoms with E-state index in [0.717, 1.165) is 5.56 Å². The van der Waals surface area contributed by atoms with Crippen LogP contribution in [0.3, 0.4) is 0 Å². The maximum atomic E-state index is 12.5. The van der Waals surface area contributed by atoms with E-state index < -0.39 is 0 Å². The Balaban J connectivity index is 1.64. The Hall–Kier alpha value is -3.67. The highest BCUT2D eigenvalue weighted by molar-refractivity contribution is 6.04. The van der Waals surface area contributed by atoms with E-state index in [1.807, 2.05) is 61.5 Å². The third-order valence-electron chi connectivity index (χ3n) is 4.35. The second kappa shape index (κ2) is 9.50. The molecule has 0 saturated carbocycles. The quantitative estimate of drug-likeness (QED) is 0.646. The highest BCUT2D eigenvalue weighted by atomic mass is 16.5. The van der Waals surface area contributed by atoms with Crippen LogP contribution in [0.4, 0.5) is 5.69 Å². The van der Waals surface area contributed by atoms with Crippen LogP contribution in [0.15, 0.2) is 72.9 Å². The van der Waals surface area contributed by atoms with E-state index in [0.29, 0.717) is 36.0 Å². The van der Waals surface area contributed by atoms with Gasteiger partial charge in [-0.3, -0.25) is 9.59 Å². The zero-order valence-corrected chi connectivity index (χ0v) is 16.5. The fraction of sp³-hybridized carbons (Fsp3) is 0.174. The second-order valence-electron chi connectivity index (χ2n) is 6.49. The van der Waals surface area contributed by atoms with Crippen LogP contribution >= 0.6 is 0 Å². The number of amides is 2. The van der Waals surface area contributed by atoms with Crippen molar-refractivity contribution in [1.82, 2.24) is 9.88 Å². The van der Waals surface area contributed by atoms with Crippen LogP contribution in [0.25, 0.3) is 0 Å². The first kappa shape index (κ1) is 20.1. The van der Waals surface area contributed by atoms with Crippen molar-refractivity contribution < 1.29 is 14.3 Å². The molecule has 3 aromatic rings. The molecule has 1 N–H and O–H groups in total. The van der Waals surface area contributed by atoms with E-state index in [1.54, 1.807) is 24.0 Å². The standard InChI is InChI=1S/C23H23N3O3/c1-3-26(17(2)27)16-18-8-7-9-20(14-18)25-23(28)19-12-13-22(24-15-19)29-21-10-5-4-6-11-21/h4-15H,3,16H2,1-2H3,(H,25,28). The van der Waals surface area contributed by atoms with Gasteiger partial charge in [-0.05, 0) is 42.8 Å². The Kier molecular flexibility index (Phi) is 6.58. The number of aromatic nitrogens is 1. The normalized spacial score (nSPS) is 10.3. The Morgan fingerprint density at radius 1 is 1.03 bits per heavy atom. The predicted molar refractivity (Wildman–Crippen MR) is 112 cm³/mol. The van der Waals surface area contributed by atoms with Crippen LogP contribution in [0.5, 0.6) is 11.6 Å². The molecule has 0 aliphatic rings. The average molecular weight is 389 g/mol. The van der Waals surface area contributed by atoms with Crippen LogP contribution in [-0.2, 0) is 11.3 Å². The molecule has 0 fully saturated rings. The van der Waals surface area contributed by atoms with Crippen molar-refractivity contribution in [2.45, 2.75) is 20.4 Å². The van der Waals surface area contributed by atoms with Gasteiger partial charge in [0.2, 0.25) is 11.8 Å². The predicted octanol–water partition coefficient (Wildman–Crippen LogP) is 4.49. The lowest BCUT2D eigenvalue weighted by molar-refractivity contribution is -0.129. The molecule has 6 heteroatoms. The monoisotopic (exact) mass is 389 g/mol. The van der Waals surface area contributed by atoms with Crippen molar-refractivity contribution in [3.05, 3.63) is 84.1 Å². The minimum atomic E-state index is -0.264. The SMILES string of the molecule is CCN(Cc1cccc(NC(=O)c2ccc(Oc3ccccc3)nc2)c1)C(C)=O. The highest BCUT2D eigenvalue weighted by Gasteiger charge is 2.10. The third-order valence-corrected chi connectivity index (χ3v) is 4.35. The van der Waals surface area contributed by atoms with Crippen LogP contribution in [0, 0.1) is 0 Å². The Labute approximate surface area is 170 Å². The zero-order chi connectivity index (χ0) is 20.6. The minimum Gasteiger partial charge on any atom is -0.439 e. The maximum Gasteiger partial charge on any atom is 0.257 e. The summed E-state index contributed by atoms with van der Waals surface area (Å²) >= 11 is 0. The second-order valence-corrected chi connectivity index (χ2v) is 6.49. The Bertz CT molecular complexity index is 972. The lowest BCUT2D eigenvalue weighted by atomic mass is 10.1. The Morgan fingerprint density at radius 3 is 2.48 bits per heavy atom. The molecular formula is C23H23N3O3. The van der Waals surface area contributed by atoms with E-state index in [2.05, 4.69) is 10.3 Å². The number of anilines is 1. The number of carbonyl (C=O) groups is 2. The largest absolute Gasteiger partial charge is 0.439 e.